The summed E-state index contributed by atoms with van der Waals surface area (Å²) < 4.78 is 36.8. The quantitative estimate of drug-likeness (QED) is 0.148. The van der Waals surface area contributed by atoms with Crippen molar-refractivity contribution in [3.63, 3.8) is 0 Å². The lowest BCUT2D eigenvalue weighted by Crippen LogP contribution is -2.67. The van der Waals surface area contributed by atoms with E-state index in [1.807, 2.05) is 0 Å². The summed E-state index contributed by atoms with van der Waals surface area (Å²) >= 11 is 0. The van der Waals surface area contributed by atoms with Crippen LogP contribution in [0.25, 0.3) is 0 Å². The topological polar surface area (TPSA) is 241 Å². The maximum Gasteiger partial charge on any atom is 0.187 e. The van der Waals surface area contributed by atoms with E-state index in [0.29, 0.717) is 42.1 Å². The van der Waals surface area contributed by atoms with E-state index in [9.17, 15) is 46.0 Å². The molecule has 5 saturated heterocycles. The van der Waals surface area contributed by atoms with Crippen molar-refractivity contribution in [3.8, 4) is 0 Å². The number of allylic oxidation sites excluding steroid dienone is 1. The number of fused-ring (bicyclic) bond motifs is 9. The lowest BCUT2D eigenvalue weighted by atomic mass is 9.47. The third-order valence-corrected chi connectivity index (χ3v) is 18.0. The Balaban J connectivity index is 0.952. The van der Waals surface area contributed by atoms with Crippen molar-refractivity contribution >= 4 is 0 Å². The van der Waals surface area contributed by atoms with Crippen molar-refractivity contribution < 1.29 is 74.4 Å². The van der Waals surface area contributed by atoms with Gasteiger partial charge >= 0.3 is 0 Å². The van der Waals surface area contributed by atoms with Crippen LogP contribution in [0.3, 0.4) is 0 Å². The Morgan fingerprint density at radius 2 is 1.33 bits per heavy atom. The second kappa shape index (κ2) is 17.1. The van der Waals surface area contributed by atoms with E-state index in [1.165, 1.54) is 51.1 Å². The second-order valence-electron chi connectivity index (χ2n) is 21.2. The molecule has 348 valence electrons. The Bertz CT molecular complexity index is 1590. The number of aliphatic hydroxyl groups excluding tert-OH is 9. The van der Waals surface area contributed by atoms with Gasteiger partial charge in [0.25, 0.3) is 0 Å². The summed E-state index contributed by atoms with van der Waals surface area (Å²) in [6.07, 6.45) is -11.1. The van der Waals surface area contributed by atoms with Crippen molar-refractivity contribution in [2.75, 3.05) is 19.8 Å². The first-order valence-corrected chi connectivity index (χ1v) is 23.4. The zero-order chi connectivity index (χ0) is 43.4. The number of rotatable bonds is 8. The first-order chi connectivity index (χ1) is 29.0. The molecular formula is C45H73NO15. The molecule has 61 heavy (non-hydrogen) atoms. The summed E-state index contributed by atoms with van der Waals surface area (Å²) in [5.41, 5.74) is 1.72. The molecule has 9 rings (SSSR count). The summed E-state index contributed by atoms with van der Waals surface area (Å²) in [4.78, 5) is 2.94. The van der Waals surface area contributed by atoms with Crippen molar-refractivity contribution in [2.45, 2.75) is 203 Å². The highest BCUT2D eigenvalue weighted by Gasteiger charge is 2.66. The molecule has 0 radical (unpaired) electrons. The van der Waals surface area contributed by atoms with E-state index in [0.717, 1.165) is 36.6 Å². The highest BCUT2D eigenvalue weighted by molar-refractivity contribution is 5.27. The van der Waals surface area contributed by atoms with Gasteiger partial charge in [-0.05, 0) is 111 Å². The van der Waals surface area contributed by atoms with Crippen LogP contribution in [0, 0.1) is 46.3 Å². The average molecular weight is 868 g/mol. The summed E-state index contributed by atoms with van der Waals surface area (Å²) in [6, 6.07) is 1.43. The maximum absolute atomic E-state index is 11.6. The predicted octanol–water partition coefficient (Wildman–Crippen LogP) is 0.155. The molecule has 16 nitrogen and oxygen atoms in total. The van der Waals surface area contributed by atoms with Crippen LogP contribution in [0.1, 0.15) is 92.4 Å². The third-order valence-electron chi connectivity index (χ3n) is 18.0. The van der Waals surface area contributed by atoms with Gasteiger partial charge in [-0.15, -0.1) is 0 Å². The Morgan fingerprint density at radius 3 is 2.05 bits per heavy atom. The van der Waals surface area contributed by atoms with Gasteiger partial charge < -0.3 is 74.4 Å². The Morgan fingerprint density at radius 1 is 0.672 bits per heavy atom. The molecule has 0 unspecified atom stereocenters. The van der Waals surface area contributed by atoms with Gasteiger partial charge in [0.05, 0.1) is 25.4 Å². The molecule has 8 fully saturated rings. The highest BCUT2D eigenvalue weighted by atomic mass is 16.8. The van der Waals surface area contributed by atoms with Gasteiger partial charge in [0, 0.05) is 18.6 Å². The van der Waals surface area contributed by atoms with E-state index >= 15 is 0 Å². The minimum Gasteiger partial charge on any atom is -0.394 e. The minimum atomic E-state index is -1.83. The molecule has 9 N–H and O–H groups in total. The highest BCUT2D eigenvalue weighted by Crippen LogP contribution is 2.70. The Kier molecular flexibility index (Phi) is 12.7. The van der Waals surface area contributed by atoms with E-state index in [-0.39, 0.29) is 11.5 Å². The molecule has 9 aliphatic rings. The van der Waals surface area contributed by atoms with Crippen LogP contribution < -0.4 is 0 Å². The second-order valence-corrected chi connectivity index (χ2v) is 21.2. The van der Waals surface area contributed by atoms with Crippen molar-refractivity contribution in [1.29, 1.82) is 0 Å². The van der Waals surface area contributed by atoms with Crippen molar-refractivity contribution in [3.05, 3.63) is 11.6 Å². The van der Waals surface area contributed by atoms with Gasteiger partial charge in [-0.25, -0.2) is 0 Å². The normalized spacial score (nSPS) is 57.3. The SMILES string of the molecule is C[C@H]1CC[C@@H]2[C@@H](C)[C@H]3[C@H](C[C@H]4[C@@H]5CC=C6C[C@@H](O[C@@H]7O[C@H](CO)[C@H](O)[C@H](O[C@H]8O[C@H](CO)[C@@H](O)[C@H](O)[C@H]8O)[C@H]7O[C@H]7O[C@@H](C)[C@H](O)[C@@H](O)[C@H]7O)CC[C@]6(C)[C@H]5CC[C@]34C)N2C1. The largest absolute Gasteiger partial charge is 0.394 e. The lowest BCUT2D eigenvalue weighted by Gasteiger charge is -2.58. The molecule has 0 bridgehead atoms. The molecule has 16 heteroatoms. The standard InChI is InChI=1S/C45H73NO15/c1-19-6-9-27-20(2)31-28(46(27)16-19)15-26-24-8-7-22-14-23(10-12-44(22,4)25(24)11-13-45(26,31)5)57-43-40(61-41-37(54)35(52)32(49)21(3)56-41)39(34(51)30(18-48)59-43)60-42-38(55)36(53)33(50)29(17-47)58-42/h7,19-21,23-43,47-55H,6,8-18H2,1-5H3/t19-,20+,21-,23-,24+,25-,26-,27+,28-,29+,30+,31-,32-,33+,34-,35+,36-,37+,38+,39-,40+,41+,42+,43+,44-,45-/m0/s1. The number of piperidine rings is 1. The molecule has 3 saturated carbocycles. The fraction of sp³-hybridized carbons (Fsp3) is 0.956. The summed E-state index contributed by atoms with van der Waals surface area (Å²) in [5.74, 6) is 4.15. The van der Waals surface area contributed by atoms with Crippen LogP contribution in [-0.4, -0.2) is 181 Å². The molecule has 0 aromatic heterocycles. The number of aliphatic hydroxyl groups is 9. The van der Waals surface area contributed by atoms with Gasteiger partial charge in [-0.3, -0.25) is 4.90 Å². The van der Waals surface area contributed by atoms with Crippen LogP contribution in [0.4, 0.5) is 0 Å². The molecule has 0 spiro atoms. The van der Waals surface area contributed by atoms with Crippen LogP contribution in [0.5, 0.6) is 0 Å². The van der Waals surface area contributed by atoms with Crippen LogP contribution >= 0.6 is 0 Å². The zero-order valence-electron chi connectivity index (χ0n) is 36.3. The van der Waals surface area contributed by atoms with Crippen molar-refractivity contribution in [2.24, 2.45) is 46.3 Å². The van der Waals surface area contributed by atoms with E-state index in [1.54, 1.807) is 0 Å². The van der Waals surface area contributed by atoms with Gasteiger partial charge in [-0.1, -0.05) is 39.3 Å². The smallest absolute Gasteiger partial charge is 0.187 e. The summed E-state index contributed by atoms with van der Waals surface area (Å²) in [6.45, 7) is 11.4. The lowest BCUT2D eigenvalue weighted by molar-refractivity contribution is -0.394. The monoisotopic (exact) mass is 867 g/mol. The zero-order valence-corrected chi connectivity index (χ0v) is 36.3. The van der Waals surface area contributed by atoms with Crippen LogP contribution in [-0.2, 0) is 28.4 Å². The number of nitrogens with zero attached hydrogens (tertiary/aromatic N) is 1. The first-order valence-electron chi connectivity index (χ1n) is 23.4. The minimum absolute atomic E-state index is 0.00462. The molecule has 5 aliphatic heterocycles. The predicted molar refractivity (Wildman–Crippen MR) is 215 cm³/mol. The molecular weight excluding hydrogens is 794 g/mol. The fourth-order valence-electron chi connectivity index (χ4n) is 14.7. The molecule has 4 aliphatic carbocycles. The summed E-state index contributed by atoms with van der Waals surface area (Å²) in [7, 11) is 0. The van der Waals surface area contributed by atoms with Gasteiger partial charge in [0.1, 0.15) is 67.1 Å². The number of hydrogen-bond acceptors (Lipinski definition) is 16. The van der Waals surface area contributed by atoms with Gasteiger partial charge in [-0.2, -0.15) is 0 Å². The maximum atomic E-state index is 11.6. The number of ether oxygens (including phenoxy) is 6. The van der Waals surface area contributed by atoms with Gasteiger partial charge in [0.2, 0.25) is 0 Å². The van der Waals surface area contributed by atoms with Crippen LogP contribution in [0.15, 0.2) is 11.6 Å². The summed E-state index contributed by atoms with van der Waals surface area (Å²) in [5, 5.41) is 95.8. The average Bonchev–Trinajstić information content (AvgIpc) is 3.71. The molecule has 5 heterocycles. The number of hydrogen-bond donors (Lipinski definition) is 9. The third kappa shape index (κ3) is 7.42. The van der Waals surface area contributed by atoms with Crippen LogP contribution in [0.2, 0.25) is 0 Å². The molecule has 0 aromatic carbocycles. The van der Waals surface area contributed by atoms with Gasteiger partial charge in [0.15, 0.2) is 18.9 Å². The van der Waals surface area contributed by atoms with Crippen molar-refractivity contribution in [1.82, 2.24) is 4.90 Å². The Hall–Kier alpha value is -0.900. The molecule has 26 atom stereocenters. The van der Waals surface area contributed by atoms with E-state index in [2.05, 4.69) is 38.7 Å². The first kappa shape index (κ1) is 45.3. The Labute approximate surface area is 359 Å². The molecule has 0 amide bonds. The fourth-order valence-corrected chi connectivity index (χ4v) is 14.7. The van der Waals surface area contributed by atoms with E-state index in [4.69, 9.17) is 28.4 Å². The molecule has 0 aromatic rings. The van der Waals surface area contributed by atoms with E-state index < -0.39 is 105 Å².